The predicted molar refractivity (Wildman–Crippen MR) is 77.8 cm³/mol. The monoisotopic (exact) mass is 286 g/mol. The first-order valence-corrected chi connectivity index (χ1v) is 7.05. The van der Waals surface area contributed by atoms with Gasteiger partial charge < -0.3 is 9.80 Å². The zero-order valence-electron chi connectivity index (χ0n) is 12.0. The second-order valence-electron chi connectivity index (χ2n) is 5.02. The number of piperazine rings is 1. The topological polar surface area (TPSA) is 67.2 Å². The number of carbonyl (C=O) groups is 1. The largest absolute Gasteiger partial charge is 0.337 e. The fraction of sp³-hybridized carbons (Fsp3) is 0.429. The highest BCUT2D eigenvalue weighted by molar-refractivity contribution is 5.80. The maximum atomic E-state index is 12.5. The molecule has 0 radical (unpaired) electrons. The van der Waals surface area contributed by atoms with Gasteiger partial charge in [0.15, 0.2) is 0 Å². The number of carbonyl (C=O) groups excluding carboxylic acids is 1. The molecule has 1 atom stereocenters. The maximum absolute atomic E-state index is 12.5. The number of aromatic nitrogens is 4. The van der Waals surface area contributed by atoms with Crippen molar-refractivity contribution in [2.75, 3.05) is 31.1 Å². The summed E-state index contributed by atoms with van der Waals surface area (Å²) in [7, 11) is 0. The van der Waals surface area contributed by atoms with Crippen molar-refractivity contribution in [1.29, 1.82) is 0 Å². The molecule has 7 nitrogen and oxygen atoms in total. The normalized spacial score (nSPS) is 16.8. The lowest BCUT2D eigenvalue weighted by molar-refractivity contribution is -0.134. The molecule has 7 heteroatoms. The summed E-state index contributed by atoms with van der Waals surface area (Å²) < 4.78 is 1.69. The third kappa shape index (κ3) is 2.86. The highest BCUT2D eigenvalue weighted by Gasteiger charge is 2.26. The van der Waals surface area contributed by atoms with Gasteiger partial charge in [-0.05, 0) is 19.1 Å². The zero-order valence-corrected chi connectivity index (χ0v) is 12.0. The molecule has 0 N–H and O–H groups in total. The molecule has 0 saturated carbocycles. The Morgan fingerprint density at radius 3 is 2.43 bits per heavy atom. The predicted octanol–water partition coefficient (Wildman–Crippen LogP) is 0.583. The Balaban J connectivity index is 1.59. The molecule has 2 aromatic heterocycles. The summed E-state index contributed by atoms with van der Waals surface area (Å²) in [6.07, 6.45) is 6.98. The molecular formula is C14H18N6O. The first-order chi connectivity index (χ1) is 10.3. The minimum atomic E-state index is -0.264. The van der Waals surface area contributed by atoms with Crippen molar-refractivity contribution >= 4 is 11.9 Å². The van der Waals surface area contributed by atoms with Gasteiger partial charge in [0.2, 0.25) is 11.9 Å². The SMILES string of the molecule is C[C@H](C(=O)N1CCN(c2ncccn2)CC1)n1cccn1. The number of anilines is 1. The van der Waals surface area contributed by atoms with Crippen molar-refractivity contribution in [1.82, 2.24) is 24.6 Å². The average molecular weight is 286 g/mol. The van der Waals surface area contributed by atoms with Gasteiger partial charge in [-0.15, -0.1) is 0 Å². The van der Waals surface area contributed by atoms with Crippen LogP contribution in [0.3, 0.4) is 0 Å². The van der Waals surface area contributed by atoms with E-state index in [9.17, 15) is 4.79 Å². The number of nitrogens with zero attached hydrogens (tertiary/aromatic N) is 6. The number of hydrogen-bond donors (Lipinski definition) is 0. The zero-order chi connectivity index (χ0) is 14.7. The van der Waals surface area contributed by atoms with E-state index in [1.54, 1.807) is 29.3 Å². The van der Waals surface area contributed by atoms with Gasteiger partial charge in [0.25, 0.3) is 0 Å². The Kier molecular flexibility index (Phi) is 3.81. The van der Waals surface area contributed by atoms with Crippen LogP contribution in [0, 0.1) is 0 Å². The molecular weight excluding hydrogens is 268 g/mol. The van der Waals surface area contributed by atoms with E-state index in [0.717, 1.165) is 19.0 Å². The summed E-state index contributed by atoms with van der Waals surface area (Å²) >= 11 is 0. The van der Waals surface area contributed by atoms with Gasteiger partial charge in [-0.3, -0.25) is 9.48 Å². The third-order valence-electron chi connectivity index (χ3n) is 3.71. The summed E-state index contributed by atoms with van der Waals surface area (Å²) in [4.78, 5) is 24.9. The van der Waals surface area contributed by atoms with Crippen LogP contribution >= 0.6 is 0 Å². The molecule has 21 heavy (non-hydrogen) atoms. The van der Waals surface area contributed by atoms with E-state index in [1.807, 2.05) is 24.1 Å². The number of hydrogen-bond acceptors (Lipinski definition) is 5. The van der Waals surface area contributed by atoms with E-state index in [1.165, 1.54) is 0 Å². The Bertz CT molecular complexity index is 577. The molecule has 0 bridgehead atoms. The van der Waals surface area contributed by atoms with Crippen LogP contribution < -0.4 is 4.90 Å². The van der Waals surface area contributed by atoms with Crippen LogP contribution in [0.4, 0.5) is 5.95 Å². The van der Waals surface area contributed by atoms with Crippen LogP contribution in [0.15, 0.2) is 36.9 Å². The maximum Gasteiger partial charge on any atom is 0.247 e. The quantitative estimate of drug-likeness (QED) is 0.826. The summed E-state index contributed by atoms with van der Waals surface area (Å²) in [6, 6.07) is 3.36. The van der Waals surface area contributed by atoms with E-state index in [0.29, 0.717) is 13.1 Å². The summed E-state index contributed by atoms with van der Waals surface area (Å²) in [6.45, 7) is 4.75. The standard InChI is InChI=1S/C14H18N6O/c1-12(20-7-3-6-17-20)13(21)18-8-10-19(11-9-18)14-15-4-2-5-16-14/h2-7,12H,8-11H2,1H3/t12-/m1/s1. The van der Waals surface area contributed by atoms with Crippen molar-refractivity contribution in [2.45, 2.75) is 13.0 Å². The number of rotatable bonds is 3. The van der Waals surface area contributed by atoms with Crippen molar-refractivity contribution < 1.29 is 4.79 Å². The molecule has 1 aliphatic heterocycles. The average Bonchev–Trinajstić information content (AvgIpc) is 3.09. The second-order valence-corrected chi connectivity index (χ2v) is 5.02. The Morgan fingerprint density at radius 2 is 1.81 bits per heavy atom. The molecule has 110 valence electrons. The molecule has 0 spiro atoms. The van der Waals surface area contributed by atoms with Crippen molar-refractivity contribution in [2.24, 2.45) is 0 Å². The van der Waals surface area contributed by atoms with Gasteiger partial charge in [-0.25, -0.2) is 9.97 Å². The van der Waals surface area contributed by atoms with Gasteiger partial charge >= 0.3 is 0 Å². The first-order valence-electron chi connectivity index (χ1n) is 7.05. The highest BCUT2D eigenvalue weighted by atomic mass is 16.2. The van der Waals surface area contributed by atoms with Gasteiger partial charge in [-0.1, -0.05) is 0 Å². The Hall–Kier alpha value is -2.44. The fourth-order valence-corrected chi connectivity index (χ4v) is 2.47. The summed E-state index contributed by atoms with van der Waals surface area (Å²) in [5.74, 6) is 0.831. The van der Waals surface area contributed by atoms with Crippen molar-refractivity contribution in [3.05, 3.63) is 36.9 Å². The van der Waals surface area contributed by atoms with Crippen LogP contribution in [-0.2, 0) is 4.79 Å². The Morgan fingerprint density at radius 1 is 1.10 bits per heavy atom. The van der Waals surface area contributed by atoms with Gasteiger partial charge in [0, 0.05) is 51.0 Å². The molecule has 1 amide bonds. The molecule has 1 aliphatic rings. The lowest BCUT2D eigenvalue weighted by Gasteiger charge is -2.35. The van der Waals surface area contributed by atoms with Gasteiger partial charge in [0.1, 0.15) is 6.04 Å². The molecule has 0 aromatic carbocycles. The van der Waals surface area contributed by atoms with Crippen LogP contribution in [0.2, 0.25) is 0 Å². The van der Waals surface area contributed by atoms with E-state index in [2.05, 4.69) is 20.0 Å². The molecule has 1 saturated heterocycles. The minimum Gasteiger partial charge on any atom is -0.337 e. The minimum absolute atomic E-state index is 0.104. The van der Waals surface area contributed by atoms with Crippen LogP contribution in [0.5, 0.6) is 0 Å². The van der Waals surface area contributed by atoms with Crippen LogP contribution in [0.25, 0.3) is 0 Å². The molecule has 2 aromatic rings. The fourth-order valence-electron chi connectivity index (χ4n) is 2.47. The highest BCUT2D eigenvalue weighted by Crippen LogP contribution is 2.14. The first kappa shape index (κ1) is 13.5. The summed E-state index contributed by atoms with van der Waals surface area (Å²) in [5, 5.41) is 4.13. The second kappa shape index (κ2) is 5.90. The van der Waals surface area contributed by atoms with E-state index >= 15 is 0 Å². The molecule has 3 heterocycles. The van der Waals surface area contributed by atoms with E-state index in [4.69, 9.17) is 0 Å². The van der Waals surface area contributed by atoms with Crippen LogP contribution in [0.1, 0.15) is 13.0 Å². The van der Waals surface area contributed by atoms with E-state index in [-0.39, 0.29) is 11.9 Å². The van der Waals surface area contributed by atoms with Gasteiger partial charge in [-0.2, -0.15) is 5.10 Å². The molecule has 0 aliphatic carbocycles. The smallest absolute Gasteiger partial charge is 0.247 e. The lowest BCUT2D eigenvalue weighted by Crippen LogP contribution is -2.50. The Labute approximate surface area is 123 Å². The molecule has 0 unspecified atom stereocenters. The summed E-state index contributed by atoms with van der Waals surface area (Å²) in [5.41, 5.74) is 0. The van der Waals surface area contributed by atoms with Crippen molar-refractivity contribution in [3.63, 3.8) is 0 Å². The molecule has 1 fully saturated rings. The van der Waals surface area contributed by atoms with E-state index < -0.39 is 0 Å². The van der Waals surface area contributed by atoms with Crippen molar-refractivity contribution in [3.8, 4) is 0 Å². The third-order valence-corrected chi connectivity index (χ3v) is 3.71. The van der Waals surface area contributed by atoms with Gasteiger partial charge in [0.05, 0.1) is 0 Å². The molecule has 3 rings (SSSR count). The number of amides is 1. The lowest BCUT2D eigenvalue weighted by atomic mass is 10.2. The van der Waals surface area contributed by atoms with Crippen LogP contribution in [-0.4, -0.2) is 56.7 Å².